The first-order valence-electron chi connectivity index (χ1n) is 11.3. The lowest BCUT2D eigenvalue weighted by Gasteiger charge is -2.31. The fourth-order valence-electron chi connectivity index (χ4n) is 4.42. The fraction of sp³-hybridized carbons (Fsp3) is 0.385. The third-order valence-corrected chi connectivity index (χ3v) is 6.35. The molecule has 0 aromatic heterocycles. The van der Waals surface area contributed by atoms with Crippen molar-refractivity contribution >= 4 is 17.4 Å². The third-order valence-electron chi connectivity index (χ3n) is 6.35. The molecule has 34 heavy (non-hydrogen) atoms. The Morgan fingerprint density at radius 1 is 1.00 bits per heavy atom. The SMILES string of the molecule is COc1ccc(/C(O)=C2\C(=O)C(=O)N(CCN3CCOCC3)C2c2ccc(C)cc2)cc1OC. The molecular formula is C26H30N2O6. The molecule has 2 saturated heterocycles. The molecule has 1 atom stereocenters. The van der Waals surface area contributed by atoms with E-state index in [1.807, 2.05) is 31.2 Å². The highest BCUT2D eigenvalue weighted by atomic mass is 16.5. The van der Waals surface area contributed by atoms with Crippen LogP contribution < -0.4 is 9.47 Å². The Labute approximate surface area is 199 Å². The van der Waals surface area contributed by atoms with Crippen LogP contribution in [0.15, 0.2) is 48.0 Å². The van der Waals surface area contributed by atoms with E-state index in [0.717, 1.165) is 24.2 Å². The third kappa shape index (κ3) is 4.64. The van der Waals surface area contributed by atoms with Crippen molar-refractivity contribution in [2.75, 3.05) is 53.6 Å². The van der Waals surface area contributed by atoms with E-state index in [9.17, 15) is 14.7 Å². The monoisotopic (exact) mass is 466 g/mol. The summed E-state index contributed by atoms with van der Waals surface area (Å²) >= 11 is 0. The van der Waals surface area contributed by atoms with Crippen molar-refractivity contribution in [3.8, 4) is 11.5 Å². The summed E-state index contributed by atoms with van der Waals surface area (Å²) in [5.41, 5.74) is 2.28. The number of morpholine rings is 1. The summed E-state index contributed by atoms with van der Waals surface area (Å²) < 4.78 is 16.0. The Morgan fingerprint density at radius 3 is 2.32 bits per heavy atom. The zero-order valence-electron chi connectivity index (χ0n) is 19.7. The van der Waals surface area contributed by atoms with Crippen LogP contribution in [0.5, 0.6) is 11.5 Å². The summed E-state index contributed by atoms with van der Waals surface area (Å²) in [6, 6.07) is 11.9. The predicted molar refractivity (Wildman–Crippen MR) is 127 cm³/mol. The van der Waals surface area contributed by atoms with Crippen LogP contribution in [0.25, 0.3) is 5.76 Å². The number of likely N-dealkylation sites (tertiary alicyclic amines) is 1. The molecule has 0 saturated carbocycles. The number of carbonyl (C=O) groups is 2. The predicted octanol–water partition coefficient (Wildman–Crippen LogP) is 2.77. The first kappa shape index (κ1) is 23.8. The van der Waals surface area contributed by atoms with Crippen LogP contribution in [-0.2, 0) is 14.3 Å². The summed E-state index contributed by atoms with van der Waals surface area (Å²) in [6.45, 7) is 5.83. The van der Waals surface area contributed by atoms with Gasteiger partial charge < -0.3 is 24.2 Å². The second-order valence-corrected chi connectivity index (χ2v) is 8.43. The highest BCUT2D eigenvalue weighted by Crippen LogP contribution is 2.40. The van der Waals surface area contributed by atoms with Crippen LogP contribution in [0.2, 0.25) is 0 Å². The highest BCUT2D eigenvalue weighted by Gasteiger charge is 2.46. The summed E-state index contributed by atoms with van der Waals surface area (Å²) in [5.74, 6) is -0.625. The molecule has 2 heterocycles. The maximum absolute atomic E-state index is 13.2. The molecule has 2 aliphatic heterocycles. The zero-order chi connectivity index (χ0) is 24.2. The topological polar surface area (TPSA) is 88.5 Å². The van der Waals surface area contributed by atoms with Gasteiger partial charge in [-0.1, -0.05) is 29.8 Å². The van der Waals surface area contributed by atoms with Gasteiger partial charge in [-0.25, -0.2) is 0 Å². The fourth-order valence-corrected chi connectivity index (χ4v) is 4.42. The lowest BCUT2D eigenvalue weighted by molar-refractivity contribution is -0.140. The van der Waals surface area contributed by atoms with E-state index in [-0.39, 0.29) is 11.3 Å². The largest absolute Gasteiger partial charge is 0.507 e. The van der Waals surface area contributed by atoms with Gasteiger partial charge in [0.05, 0.1) is 39.0 Å². The van der Waals surface area contributed by atoms with E-state index < -0.39 is 17.7 Å². The van der Waals surface area contributed by atoms with Gasteiger partial charge >= 0.3 is 0 Å². The van der Waals surface area contributed by atoms with Crippen molar-refractivity contribution in [3.63, 3.8) is 0 Å². The normalized spacial score (nSPS) is 20.6. The average Bonchev–Trinajstić information content (AvgIpc) is 3.12. The quantitative estimate of drug-likeness (QED) is 0.381. The van der Waals surface area contributed by atoms with Gasteiger partial charge in [-0.05, 0) is 30.7 Å². The maximum Gasteiger partial charge on any atom is 0.295 e. The number of ketones is 1. The number of carbonyl (C=O) groups excluding carboxylic acids is 2. The lowest BCUT2D eigenvalue weighted by Crippen LogP contribution is -2.42. The minimum atomic E-state index is -0.695. The van der Waals surface area contributed by atoms with Gasteiger partial charge in [0.15, 0.2) is 11.5 Å². The van der Waals surface area contributed by atoms with Crippen LogP contribution in [-0.4, -0.2) is 80.2 Å². The average molecular weight is 467 g/mol. The number of Topliss-reactive ketones (excluding diaryl/α,β-unsaturated/α-hetero) is 1. The second-order valence-electron chi connectivity index (χ2n) is 8.43. The minimum Gasteiger partial charge on any atom is -0.507 e. The van der Waals surface area contributed by atoms with E-state index in [0.29, 0.717) is 43.4 Å². The number of hydrogen-bond donors (Lipinski definition) is 1. The maximum atomic E-state index is 13.2. The van der Waals surface area contributed by atoms with E-state index in [4.69, 9.17) is 14.2 Å². The number of ether oxygens (including phenoxy) is 3. The van der Waals surface area contributed by atoms with Crippen molar-refractivity contribution in [1.29, 1.82) is 0 Å². The number of methoxy groups -OCH3 is 2. The van der Waals surface area contributed by atoms with Crippen LogP contribution in [0.3, 0.4) is 0 Å². The molecule has 0 bridgehead atoms. The molecule has 0 spiro atoms. The number of aliphatic hydroxyl groups is 1. The molecule has 2 aliphatic rings. The second kappa shape index (κ2) is 10.3. The van der Waals surface area contributed by atoms with Gasteiger partial charge in [-0.15, -0.1) is 0 Å². The van der Waals surface area contributed by atoms with E-state index in [2.05, 4.69) is 4.90 Å². The molecular weight excluding hydrogens is 436 g/mol. The van der Waals surface area contributed by atoms with Crippen LogP contribution in [0.1, 0.15) is 22.7 Å². The van der Waals surface area contributed by atoms with E-state index in [1.165, 1.54) is 14.2 Å². The zero-order valence-corrected chi connectivity index (χ0v) is 19.7. The Bertz CT molecular complexity index is 1090. The molecule has 180 valence electrons. The van der Waals surface area contributed by atoms with E-state index >= 15 is 0 Å². The molecule has 2 fully saturated rings. The van der Waals surface area contributed by atoms with Crippen molar-refractivity contribution in [2.45, 2.75) is 13.0 Å². The molecule has 8 nitrogen and oxygen atoms in total. The molecule has 0 aliphatic carbocycles. The van der Waals surface area contributed by atoms with Gasteiger partial charge in [0.1, 0.15) is 5.76 Å². The number of nitrogens with zero attached hydrogens (tertiary/aromatic N) is 2. The minimum absolute atomic E-state index is 0.0723. The summed E-state index contributed by atoms with van der Waals surface area (Å²) in [7, 11) is 3.02. The number of benzene rings is 2. The molecule has 1 amide bonds. The number of hydrogen-bond acceptors (Lipinski definition) is 7. The lowest BCUT2D eigenvalue weighted by atomic mass is 9.94. The van der Waals surface area contributed by atoms with Crippen LogP contribution >= 0.6 is 0 Å². The highest BCUT2D eigenvalue weighted by molar-refractivity contribution is 6.46. The van der Waals surface area contributed by atoms with Crippen molar-refractivity contribution in [3.05, 3.63) is 64.7 Å². The van der Waals surface area contributed by atoms with Crippen molar-refractivity contribution < 1.29 is 28.9 Å². The molecule has 2 aromatic rings. The van der Waals surface area contributed by atoms with Crippen LogP contribution in [0, 0.1) is 6.92 Å². The Hall–Kier alpha value is -3.36. The number of aryl methyl sites for hydroxylation is 1. The molecule has 8 heteroatoms. The standard InChI is InChI=1S/C26H30N2O6/c1-17-4-6-18(7-5-17)23-22(24(29)19-8-9-20(32-2)21(16-19)33-3)25(30)26(31)28(23)11-10-27-12-14-34-15-13-27/h4-9,16,23,29H,10-15H2,1-3H3/b24-22+. The molecule has 2 aromatic carbocycles. The van der Waals surface area contributed by atoms with Gasteiger partial charge in [0.25, 0.3) is 11.7 Å². The number of amides is 1. The Morgan fingerprint density at radius 2 is 1.68 bits per heavy atom. The summed E-state index contributed by atoms with van der Waals surface area (Å²) in [6.07, 6.45) is 0. The van der Waals surface area contributed by atoms with Gasteiger partial charge in [-0.3, -0.25) is 14.5 Å². The summed E-state index contributed by atoms with van der Waals surface area (Å²) in [5, 5.41) is 11.3. The molecule has 4 rings (SSSR count). The van der Waals surface area contributed by atoms with Gasteiger partial charge in [0, 0.05) is 31.7 Å². The van der Waals surface area contributed by atoms with Crippen LogP contribution in [0.4, 0.5) is 0 Å². The van der Waals surface area contributed by atoms with Crippen molar-refractivity contribution in [1.82, 2.24) is 9.80 Å². The van der Waals surface area contributed by atoms with Crippen molar-refractivity contribution in [2.24, 2.45) is 0 Å². The Balaban J connectivity index is 1.75. The molecule has 0 radical (unpaired) electrons. The van der Waals surface area contributed by atoms with Gasteiger partial charge in [-0.2, -0.15) is 0 Å². The van der Waals surface area contributed by atoms with Gasteiger partial charge in [0.2, 0.25) is 0 Å². The molecule has 1 N–H and O–H groups in total. The number of rotatable bonds is 7. The summed E-state index contributed by atoms with van der Waals surface area (Å²) in [4.78, 5) is 30.1. The first-order chi connectivity index (χ1) is 16.4. The van der Waals surface area contributed by atoms with E-state index in [1.54, 1.807) is 23.1 Å². The first-order valence-corrected chi connectivity index (χ1v) is 11.3. The Kier molecular flexibility index (Phi) is 7.19. The smallest absolute Gasteiger partial charge is 0.295 e. The molecule has 1 unspecified atom stereocenters. The number of aliphatic hydroxyl groups excluding tert-OH is 1.